The van der Waals surface area contributed by atoms with Crippen molar-refractivity contribution in [3.63, 3.8) is 0 Å². The Morgan fingerprint density at radius 2 is 1.60 bits per heavy atom. The van der Waals surface area contributed by atoms with Crippen LogP contribution in [0.1, 0.15) is 45.4 Å². The van der Waals surface area contributed by atoms with Gasteiger partial charge in [-0.2, -0.15) is 4.31 Å². The lowest BCUT2D eigenvalue weighted by Crippen LogP contribution is -2.40. The van der Waals surface area contributed by atoms with Crippen LogP contribution in [0.3, 0.4) is 0 Å². The number of nitrogens with zero attached hydrogens (tertiary/aromatic N) is 2. The fourth-order valence-corrected chi connectivity index (χ4v) is 5.40. The first-order valence-electron chi connectivity index (χ1n) is 10.7. The summed E-state index contributed by atoms with van der Waals surface area (Å²) in [5.74, 6) is -0.493. The number of piperidine rings is 1. The molecule has 0 radical (unpaired) electrons. The highest BCUT2D eigenvalue weighted by atomic mass is 32.2. The second-order valence-corrected chi connectivity index (χ2v) is 9.72. The van der Waals surface area contributed by atoms with E-state index in [1.165, 1.54) is 16.4 Å². The average Bonchev–Trinajstić information content (AvgIpc) is 3.04. The van der Waals surface area contributed by atoms with E-state index in [1.54, 1.807) is 19.1 Å². The Morgan fingerprint density at radius 3 is 2.17 bits per heavy atom. The second kappa shape index (κ2) is 10.3. The molecule has 2 heterocycles. The van der Waals surface area contributed by atoms with Crippen LogP contribution in [0.2, 0.25) is 0 Å². The highest BCUT2D eigenvalue weighted by Crippen LogP contribution is 2.25. The van der Waals surface area contributed by atoms with Gasteiger partial charge in [0.05, 0.1) is 17.4 Å². The Bertz CT molecular complexity index is 825. The zero-order valence-electron chi connectivity index (χ0n) is 17.5. The van der Waals surface area contributed by atoms with Crippen LogP contribution in [0.5, 0.6) is 0 Å². The van der Waals surface area contributed by atoms with Crippen LogP contribution in [0.4, 0.5) is 10.5 Å². The first-order valence-corrected chi connectivity index (χ1v) is 12.2. The Labute approximate surface area is 178 Å². The summed E-state index contributed by atoms with van der Waals surface area (Å²) in [5, 5.41) is 2.86. The Morgan fingerprint density at radius 1 is 1.00 bits per heavy atom. The van der Waals surface area contributed by atoms with E-state index >= 15 is 0 Å². The predicted octanol–water partition coefficient (Wildman–Crippen LogP) is 3.06. The molecule has 2 amide bonds. The lowest BCUT2D eigenvalue weighted by Gasteiger charge is -2.30. The third-order valence-electron chi connectivity index (χ3n) is 5.71. The summed E-state index contributed by atoms with van der Waals surface area (Å²) in [4.78, 5) is 26.3. The minimum Gasteiger partial charge on any atom is -0.466 e. The van der Waals surface area contributed by atoms with Crippen molar-refractivity contribution in [2.45, 2.75) is 50.3 Å². The Balaban J connectivity index is 1.58. The molecule has 0 atom stereocenters. The van der Waals surface area contributed by atoms with Crippen LogP contribution in [0.25, 0.3) is 0 Å². The maximum atomic E-state index is 12.9. The van der Waals surface area contributed by atoms with Gasteiger partial charge in [-0.3, -0.25) is 4.79 Å². The molecule has 2 aliphatic rings. The summed E-state index contributed by atoms with van der Waals surface area (Å²) in [6.45, 7) is 4.17. The number of hydrogen-bond acceptors (Lipinski definition) is 5. The van der Waals surface area contributed by atoms with E-state index in [9.17, 15) is 18.0 Å². The van der Waals surface area contributed by atoms with Crippen LogP contribution >= 0.6 is 0 Å². The molecule has 3 rings (SSSR count). The second-order valence-electron chi connectivity index (χ2n) is 7.79. The molecule has 166 valence electrons. The zero-order chi connectivity index (χ0) is 21.6. The van der Waals surface area contributed by atoms with E-state index in [0.717, 1.165) is 38.8 Å². The quantitative estimate of drug-likeness (QED) is 0.714. The molecule has 2 aliphatic heterocycles. The highest BCUT2D eigenvalue weighted by molar-refractivity contribution is 7.89. The van der Waals surface area contributed by atoms with Gasteiger partial charge < -0.3 is 15.0 Å². The molecule has 8 nitrogen and oxygen atoms in total. The molecule has 0 saturated carbocycles. The fraction of sp³-hybridized carbons (Fsp3) is 0.619. The topological polar surface area (TPSA) is 96.0 Å². The maximum absolute atomic E-state index is 12.9. The molecule has 9 heteroatoms. The van der Waals surface area contributed by atoms with E-state index in [2.05, 4.69) is 5.32 Å². The van der Waals surface area contributed by atoms with Crippen LogP contribution in [0, 0.1) is 5.92 Å². The number of carbonyl (C=O) groups is 2. The third-order valence-corrected chi connectivity index (χ3v) is 7.62. The minimum atomic E-state index is -3.64. The number of urea groups is 1. The molecule has 0 spiro atoms. The molecule has 2 saturated heterocycles. The van der Waals surface area contributed by atoms with Gasteiger partial charge in [-0.1, -0.05) is 12.8 Å². The van der Waals surface area contributed by atoms with Crippen molar-refractivity contribution < 1.29 is 22.7 Å². The van der Waals surface area contributed by atoms with Gasteiger partial charge in [-0.05, 0) is 56.9 Å². The normalized spacial score (nSPS) is 19.2. The van der Waals surface area contributed by atoms with Gasteiger partial charge in [-0.25, -0.2) is 13.2 Å². The zero-order valence-corrected chi connectivity index (χ0v) is 18.3. The summed E-state index contributed by atoms with van der Waals surface area (Å²) in [7, 11) is -3.64. The van der Waals surface area contributed by atoms with Crippen LogP contribution in [-0.4, -0.2) is 62.4 Å². The van der Waals surface area contributed by atoms with Crippen molar-refractivity contribution in [3.05, 3.63) is 24.3 Å². The largest absolute Gasteiger partial charge is 0.466 e. The minimum absolute atomic E-state index is 0.145. The first kappa shape index (κ1) is 22.6. The van der Waals surface area contributed by atoms with Gasteiger partial charge in [0.2, 0.25) is 10.0 Å². The molecule has 2 fully saturated rings. The summed E-state index contributed by atoms with van der Waals surface area (Å²) >= 11 is 0. The SMILES string of the molecule is CCOC(=O)C1CCN(S(=O)(=O)c2ccc(NC(=O)N3CCCCCC3)cc2)CC1. The van der Waals surface area contributed by atoms with Crippen molar-refractivity contribution in [1.82, 2.24) is 9.21 Å². The van der Waals surface area contributed by atoms with Gasteiger partial charge in [0.1, 0.15) is 0 Å². The fourth-order valence-electron chi connectivity index (χ4n) is 3.93. The average molecular weight is 438 g/mol. The number of carbonyl (C=O) groups excluding carboxylic acids is 2. The van der Waals surface area contributed by atoms with Crippen LogP contribution in [-0.2, 0) is 19.6 Å². The van der Waals surface area contributed by atoms with Gasteiger partial charge in [0, 0.05) is 31.9 Å². The van der Waals surface area contributed by atoms with Crippen molar-refractivity contribution in [2.75, 3.05) is 38.1 Å². The van der Waals surface area contributed by atoms with E-state index in [0.29, 0.717) is 38.2 Å². The monoisotopic (exact) mass is 437 g/mol. The lowest BCUT2D eigenvalue weighted by molar-refractivity contribution is -0.149. The Hall–Kier alpha value is -2.13. The first-order chi connectivity index (χ1) is 14.4. The summed E-state index contributed by atoms with van der Waals surface area (Å²) in [6.07, 6.45) is 5.24. The van der Waals surface area contributed by atoms with Crippen LogP contribution < -0.4 is 5.32 Å². The number of anilines is 1. The van der Waals surface area contributed by atoms with E-state index in [1.807, 2.05) is 4.90 Å². The van der Waals surface area contributed by atoms with Crippen molar-refractivity contribution in [1.29, 1.82) is 0 Å². The smallest absolute Gasteiger partial charge is 0.321 e. The number of benzene rings is 1. The number of hydrogen-bond donors (Lipinski definition) is 1. The number of rotatable bonds is 5. The summed E-state index contributed by atoms with van der Waals surface area (Å²) in [5.41, 5.74) is 0.573. The number of ether oxygens (including phenoxy) is 1. The van der Waals surface area contributed by atoms with E-state index < -0.39 is 10.0 Å². The molecule has 0 unspecified atom stereocenters. The summed E-state index contributed by atoms with van der Waals surface area (Å²) in [6, 6.07) is 6.13. The predicted molar refractivity (Wildman–Crippen MR) is 114 cm³/mol. The molecular weight excluding hydrogens is 406 g/mol. The van der Waals surface area contributed by atoms with E-state index in [-0.39, 0.29) is 22.8 Å². The molecular formula is C21H31N3O5S. The van der Waals surface area contributed by atoms with Gasteiger partial charge >= 0.3 is 12.0 Å². The van der Waals surface area contributed by atoms with Crippen molar-refractivity contribution in [2.24, 2.45) is 5.92 Å². The van der Waals surface area contributed by atoms with Gasteiger partial charge in [0.15, 0.2) is 0 Å². The van der Waals surface area contributed by atoms with Crippen LogP contribution in [0.15, 0.2) is 29.2 Å². The molecule has 1 N–H and O–H groups in total. The van der Waals surface area contributed by atoms with Gasteiger partial charge in [0.25, 0.3) is 0 Å². The summed E-state index contributed by atoms with van der Waals surface area (Å²) < 4.78 is 32.3. The standard InChI is InChI=1S/C21H31N3O5S/c1-2-29-20(25)17-11-15-24(16-12-17)30(27,28)19-9-7-18(8-10-19)22-21(26)23-13-5-3-4-6-14-23/h7-10,17H,2-6,11-16H2,1H3,(H,22,26). The van der Waals surface area contributed by atoms with Crippen molar-refractivity contribution >= 4 is 27.7 Å². The molecule has 0 aliphatic carbocycles. The molecule has 0 bridgehead atoms. The van der Waals surface area contributed by atoms with Gasteiger partial charge in [-0.15, -0.1) is 0 Å². The van der Waals surface area contributed by atoms with Crippen molar-refractivity contribution in [3.8, 4) is 0 Å². The number of likely N-dealkylation sites (tertiary alicyclic amines) is 1. The third kappa shape index (κ3) is 5.51. The lowest BCUT2D eigenvalue weighted by atomic mass is 9.98. The maximum Gasteiger partial charge on any atom is 0.321 e. The highest BCUT2D eigenvalue weighted by Gasteiger charge is 2.32. The molecule has 1 aromatic carbocycles. The number of sulfonamides is 1. The number of esters is 1. The number of amides is 2. The van der Waals surface area contributed by atoms with E-state index in [4.69, 9.17) is 4.74 Å². The molecule has 1 aromatic rings. The Kier molecular flexibility index (Phi) is 7.71. The number of nitrogens with one attached hydrogen (secondary N) is 1. The molecule has 30 heavy (non-hydrogen) atoms. The molecule has 0 aromatic heterocycles.